The Hall–Kier alpha value is -2.87. The fraction of sp³-hybridized carbons (Fsp3) is 0.450. The third kappa shape index (κ3) is 5.10. The highest BCUT2D eigenvalue weighted by molar-refractivity contribution is 6.08. The molecule has 1 aromatic carbocycles. The van der Waals surface area contributed by atoms with E-state index in [1.807, 2.05) is 26.8 Å². The first-order chi connectivity index (χ1) is 13.3. The van der Waals surface area contributed by atoms with Crippen LogP contribution in [-0.2, 0) is 19.1 Å². The van der Waals surface area contributed by atoms with Crippen LogP contribution >= 0.6 is 0 Å². The van der Waals surface area contributed by atoms with Crippen molar-refractivity contribution in [3.8, 4) is 0 Å². The Morgan fingerprint density at radius 1 is 1.32 bits per heavy atom. The molecule has 0 fully saturated rings. The Labute approximate surface area is 164 Å². The number of ether oxygens (including phenoxy) is 1. The molecule has 0 saturated carbocycles. The van der Waals surface area contributed by atoms with Crippen LogP contribution < -0.4 is 10.6 Å². The molecule has 0 radical (unpaired) electrons. The summed E-state index contributed by atoms with van der Waals surface area (Å²) in [6.07, 6.45) is 0.406. The molecule has 3 N–H and O–H groups in total. The number of aliphatic hydroxyl groups is 1. The van der Waals surface area contributed by atoms with Crippen LogP contribution in [0.15, 0.2) is 29.5 Å². The Bertz CT molecular complexity index is 801. The highest BCUT2D eigenvalue weighted by atomic mass is 16.5. The van der Waals surface area contributed by atoms with E-state index >= 15 is 0 Å². The molecule has 2 amide bonds. The molecule has 0 saturated heterocycles. The molecule has 0 unspecified atom stereocenters. The normalized spacial score (nSPS) is 13.9. The lowest BCUT2D eigenvalue weighted by molar-refractivity contribution is -0.136. The monoisotopic (exact) mass is 389 g/mol. The third-order valence-corrected chi connectivity index (χ3v) is 4.33. The van der Waals surface area contributed by atoms with Gasteiger partial charge in [0.05, 0.1) is 25.8 Å². The van der Waals surface area contributed by atoms with Gasteiger partial charge < -0.3 is 25.4 Å². The minimum absolute atomic E-state index is 0.0677. The zero-order valence-electron chi connectivity index (χ0n) is 16.7. The Kier molecular flexibility index (Phi) is 7.17. The summed E-state index contributed by atoms with van der Waals surface area (Å²) >= 11 is 0. The van der Waals surface area contributed by atoms with Gasteiger partial charge in [0.2, 0.25) is 5.91 Å². The second kappa shape index (κ2) is 9.36. The van der Waals surface area contributed by atoms with Crippen LogP contribution in [0.2, 0.25) is 0 Å². The number of hydrogen-bond acceptors (Lipinski definition) is 6. The summed E-state index contributed by atoms with van der Waals surface area (Å²) in [5.41, 5.74) is 2.35. The molecule has 0 bridgehead atoms. The van der Waals surface area contributed by atoms with Crippen LogP contribution in [0, 0.1) is 12.8 Å². The lowest BCUT2D eigenvalue weighted by atomic mass is 10.1. The Morgan fingerprint density at radius 2 is 2.04 bits per heavy atom. The van der Waals surface area contributed by atoms with Crippen LogP contribution in [0.1, 0.15) is 25.8 Å². The summed E-state index contributed by atoms with van der Waals surface area (Å²) in [7, 11) is 1.25. The number of methoxy groups -OCH3 is 1. The second-order valence-corrected chi connectivity index (χ2v) is 7.10. The number of nitrogens with one attached hydrogen (secondary N) is 2. The minimum Gasteiger partial charge on any atom is -0.466 e. The van der Waals surface area contributed by atoms with Gasteiger partial charge in [0.15, 0.2) is 0 Å². The number of aliphatic hydroxyl groups excluding tert-OH is 1. The molecule has 2 rings (SSSR count). The van der Waals surface area contributed by atoms with Gasteiger partial charge in [-0.1, -0.05) is 19.9 Å². The van der Waals surface area contributed by atoms with Crippen LogP contribution in [0.5, 0.6) is 0 Å². The number of hydrogen-bond donors (Lipinski definition) is 3. The van der Waals surface area contributed by atoms with Crippen molar-refractivity contribution in [1.82, 2.24) is 4.90 Å². The number of rotatable bonds is 8. The smallest absolute Gasteiger partial charge is 0.337 e. The van der Waals surface area contributed by atoms with Crippen molar-refractivity contribution in [3.63, 3.8) is 0 Å². The van der Waals surface area contributed by atoms with Gasteiger partial charge in [-0.05, 0) is 30.5 Å². The molecule has 152 valence electrons. The van der Waals surface area contributed by atoms with E-state index in [0.29, 0.717) is 17.8 Å². The molecule has 0 atom stereocenters. The molecule has 28 heavy (non-hydrogen) atoms. The molecule has 0 aliphatic carbocycles. The van der Waals surface area contributed by atoms with E-state index in [1.54, 1.807) is 12.1 Å². The van der Waals surface area contributed by atoms with Crippen molar-refractivity contribution < 1.29 is 24.2 Å². The zero-order chi connectivity index (χ0) is 20.8. The van der Waals surface area contributed by atoms with Crippen LogP contribution in [0.25, 0.3) is 0 Å². The molecule has 8 nitrogen and oxygen atoms in total. The minimum atomic E-state index is -0.602. The summed E-state index contributed by atoms with van der Waals surface area (Å²) in [4.78, 5) is 38.1. The number of carbonyl (C=O) groups is 3. The zero-order valence-corrected chi connectivity index (χ0v) is 16.7. The molecule has 1 aromatic rings. The van der Waals surface area contributed by atoms with Gasteiger partial charge in [0.1, 0.15) is 5.70 Å². The maximum absolute atomic E-state index is 12.6. The Morgan fingerprint density at radius 3 is 2.64 bits per heavy atom. The first-order valence-electron chi connectivity index (χ1n) is 9.16. The van der Waals surface area contributed by atoms with Crippen LogP contribution in [0.3, 0.4) is 0 Å². The van der Waals surface area contributed by atoms with E-state index in [2.05, 4.69) is 10.6 Å². The standard InChI is InChI=1S/C20H27N3O5/c1-12(2)9-17(25)21-14-6-5-13(3)16(10-14)22-18-15(20(27)28-4)11-23(7-8-24)19(18)26/h5-6,10,12,22,24H,7-9,11H2,1-4H3,(H,21,25). The van der Waals surface area contributed by atoms with Gasteiger partial charge in [-0.15, -0.1) is 0 Å². The van der Waals surface area contributed by atoms with Crippen molar-refractivity contribution in [2.24, 2.45) is 5.92 Å². The first kappa shape index (κ1) is 21.4. The lowest BCUT2D eigenvalue weighted by Gasteiger charge is -2.16. The van der Waals surface area contributed by atoms with E-state index in [1.165, 1.54) is 12.0 Å². The third-order valence-electron chi connectivity index (χ3n) is 4.33. The van der Waals surface area contributed by atoms with Crippen molar-refractivity contribution in [2.45, 2.75) is 27.2 Å². The summed E-state index contributed by atoms with van der Waals surface area (Å²) in [6, 6.07) is 5.32. The summed E-state index contributed by atoms with van der Waals surface area (Å²) < 4.78 is 4.79. The molecule has 1 aliphatic heterocycles. The van der Waals surface area contributed by atoms with Crippen LogP contribution in [0.4, 0.5) is 11.4 Å². The summed E-state index contributed by atoms with van der Waals surface area (Å²) in [5.74, 6) is -0.840. The number of β-amino-alcohol motifs (C(OH)–C–C–N with tert-alkyl or cyclic N) is 1. The molecule has 1 heterocycles. The van der Waals surface area contributed by atoms with Crippen molar-refractivity contribution >= 4 is 29.2 Å². The van der Waals surface area contributed by atoms with E-state index in [4.69, 9.17) is 9.84 Å². The SMILES string of the molecule is COC(=O)C1=C(Nc2cc(NC(=O)CC(C)C)ccc2C)C(=O)N(CCO)C1. The van der Waals surface area contributed by atoms with Crippen LogP contribution in [-0.4, -0.2) is 54.6 Å². The number of esters is 1. The molecule has 0 spiro atoms. The number of carbonyl (C=O) groups excluding carboxylic acids is 3. The van der Waals surface area contributed by atoms with Gasteiger partial charge >= 0.3 is 5.97 Å². The predicted octanol–water partition coefficient (Wildman–Crippen LogP) is 1.65. The van der Waals surface area contributed by atoms with E-state index < -0.39 is 5.97 Å². The fourth-order valence-corrected chi connectivity index (χ4v) is 2.90. The van der Waals surface area contributed by atoms with E-state index in [0.717, 1.165) is 5.56 Å². The number of nitrogens with zero attached hydrogens (tertiary/aromatic N) is 1. The topological polar surface area (TPSA) is 108 Å². The lowest BCUT2D eigenvalue weighted by Crippen LogP contribution is -2.31. The van der Waals surface area contributed by atoms with E-state index in [-0.39, 0.29) is 48.7 Å². The highest BCUT2D eigenvalue weighted by Crippen LogP contribution is 2.27. The largest absolute Gasteiger partial charge is 0.466 e. The average molecular weight is 389 g/mol. The quantitative estimate of drug-likeness (QED) is 0.584. The van der Waals surface area contributed by atoms with Gasteiger partial charge in [0, 0.05) is 24.3 Å². The van der Waals surface area contributed by atoms with Crippen molar-refractivity contribution in [3.05, 3.63) is 35.0 Å². The highest BCUT2D eigenvalue weighted by Gasteiger charge is 2.34. The molecule has 8 heteroatoms. The molecule has 1 aliphatic rings. The van der Waals surface area contributed by atoms with Gasteiger partial charge in [-0.25, -0.2) is 4.79 Å². The summed E-state index contributed by atoms with van der Waals surface area (Å²) in [6.45, 7) is 5.76. The van der Waals surface area contributed by atoms with Gasteiger partial charge in [0.25, 0.3) is 5.91 Å². The van der Waals surface area contributed by atoms with Gasteiger partial charge in [-0.3, -0.25) is 9.59 Å². The van der Waals surface area contributed by atoms with Crippen molar-refractivity contribution in [2.75, 3.05) is 37.4 Å². The molecular formula is C20H27N3O5. The maximum atomic E-state index is 12.6. The van der Waals surface area contributed by atoms with E-state index in [9.17, 15) is 14.4 Å². The predicted molar refractivity (Wildman–Crippen MR) is 106 cm³/mol. The number of anilines is 2. The average Bonchev–Trinajstić information content (AvgIpc) is 2.93. The second-order valence-electron chi connectivity index (χ2n) is 7.10. The number of benzene rings is 1. The molecule has 0 aromatic heterocycles. The summed E-state index contributed by atoms with van der Waals surface area (Å²) in [5, 5.41) is 15.0. The van der Waals surface area contributed by atoms with Crippen molar-refractivity contribution in [1.29, 1.82) is 0 Å². The van der Waals surface area contributed by atoms with Gasteiger partial charge in [-0.2, -0.15) is 0 Å². The molecular weight excluding hydrogens is 362 g/mol. The number of aryl methyl sites for hydroxylation is 1. The Balaban J connectivity index is 2.28. The fourth-order valence-electron chi connectivity index (χ4n) is 2.90. The number of amides is 2. The first-order valence-corrected chi connectivity index (χ1v) is 9.16. The maximum Gasteiger partial charge on any atom is 0.337 e.